The Hall–Kier alpha value is -0.570. The molecule has 0 bridgehead atoms. The van der Waals surface area contributed by atoms with Gasteiger partial charge < -0.3 is 0 Å². The Labute approximate surface area is 117 Å². The van der Waals surface area contributed by atoms with Gasteiger partial charge in [0, 0.05) is 10.0 Å². The van der Waals surface area contributed by atoms with Crippen molar-refractivity contribution in [2.75, 3.05) is 0 Å². The normalized spacial score (nSPS) is 12.5. The Kier molecular flexibility index (Phi) is 4.08. The Morgan fingerprint density at radius 2 is 1.41 bits per heavy atom. The summed E-state index contributed by atoms with van der Waals surface area (Å²) in [5.74, 6) is -0.252. The zero-order valence-electron chi connectivity index (χ0n) is 8.63. The summed E-state index contributed by atoms with van der Waals surface area (Å²) in [7, 11) is 0. The summed E-state index contributed by atoms with van der Waals surface area (Å²) in [6.07, 6.45) is 0. The van der Waals surface area contributed by atoms with Crippen molar-refractivity contribution < 1.29 is 4.39 Å². The Morgan fingerprint density at radius 1 is 0.882 bits per heavy atom. The average molecular weight is 334 g/mol. The molecule has 0 nitrogen and oxygen atoms in total. The molecular formula is C13H8BrCl2F. The molecule has 0 radical (unpaired) electrons. The third kappa shape index (κ3) is 3.21. The van der Waals surface area contributed by atoms with Gasteiger partial charge in [0.25, 0.3) is 0 Å². The van der Waals surface area contributed by atoms with Crippen molar-refractivity contribution in [2.45, 2.75) is 4.83 Å². The summed E-state index contributed by atoms with van der Waals surface area (Å²) in [4.78, 5) is -0.0562. The second kappa shape index (κ2) is 5.38. The van der Waals surface area contributed by atoms with E-state index < -0.39 is 0 Å². The van der Waals surface area contributed by atoms with Crippen LogP contribution in [0.3, 0.4) is 0 Å². The number of hydrogen-bond donors (Lipinski definition) is 0. The molecule has 4 heteroatoms. The van der Waals surface area contributed by atoms with Gasteiger partial charge in [-0.1, -0.05) is 51.3 Å². The van der Waals surface area contributed by atoms with E-state index in [-0.39, 0.29) is 10.6 Å². The molecule has 0 aliphatic rings. The lowest BCUT2D eigenvalue weighted by Crippen LogP contribution is -1.93. The van der Waals surface area contributed by atoms with Crippen LogP contribution < -0.4 is 0 Å². The van der Waals surface area contributed by atoms with E-state index in [1.54, 1.807) is 18.2 Å². The van der Waals surface area contributed by atoms with Crippen LogP contribution in [0.25, 0.3) is 0 Å². The Morgan fingerprint density at radius 3 is 1.94 bits per heavy atom. The molecule has 0 spiro atoms. The third-order valence-corrected chi connectivity index (χ3v) is 3.83. The highest BCUT2D eigenvalue weighted by Crippen LogP contribution is 2.33. The minimum atomic E-state index is -0.252. The van der Waals surface area contributed by atoms with Crippen molar-refractivity contribution in [1.29, 1.82) is 0 Å². The number of hydrogen-bond acceptors (Lipinski definition) is 0. The molecule has 88 valence electrons. The lowest BCUT2D eigenvalue weighted by molar-refractivity contribution is 0.627. The van der Waals surface area contributed by atoms with Crippen LogP contribution in [0.4, 0.5) is 4.39 Å². The van der Waals surface area contributed by atoms with Crippen LogP contribution in [0, 0.1) is 5.82 Å². The van der Waals surface area contributed by atoms with E-state index in [0.717, 1.165) is 11.1 Å². The van der Waals surface area contributed by atoms with Gasteiger partial charge in [-0.2, -0.15) is 0 Å². The van der Waals surface area contributed by atoms with Gasteiger partial charge in [0.2, 0.25) is 0 Å². The monoisotopic (exact) mass is 332 g/mol. The quantitative estimate of drug-likeness (QED) is 0.626. The molecule has 2 aromatic carbocycles. The molecule has 0 aromatic heterocycles. The maximum absolute atomic E-state index is 12.8. The van der Waals surface area contributed by atoms with Gasteiger partial charge in [0.15, 0.2) is 0 Å². The highest BCUT2D eigenvalue weighted by Gasteiger charge is 2.11. The first kappa shape index (κ1) is 12.9. The molecule has 2 rings (SSSR count). The predicted molar refractivity (Wildman–Crippen MR) is 73.6 cm³/mol. The summed E-state index contributed by atoms with van der Waals surface area (Å²) in [5.41, 5.74) is 1.89. The Balaban J connectivity index is 2.36. The molecule has 0 amide bonds. The minimum absolute atomic E-state index is 0.0562. The van der Waals surface area contributed by atoms with Crippen LogP contribution in [0.5, 0.6) is 0 Å². The van der Waals surface area contributed by atoms with Crippen LogP contribution in [0.15, 0.2) is 42.5 Å². The van der Waals surface area contributed by atoms with Crippen molar-refractivity contribution in [3.8, 4) is 0 Å². The maximum atomic E-state index is 12.8. The molecule has 0 saturated carbocycles. The van der Waals surface area contributed by atoms with E-state index in [4.69, 9.17) is 23.2 Å². The molecule has 0 saturated heterocycles. The van der Waals surface area contributed by atoms with Gasteiger partial charge in [0.1, 0.15) is 5.82 Å². The predicted octanol–water partition coefficient (Wildman–Crippen LogP) is 5.62. The fourth-order valence-corrected chi connectivity index (χ4v) is 2.66. The second-order valence-electron chi connectivity index (χ2n) is 3.62. The molecule has 0 N–H and O–H groups in total. The van der Waals surface area contributed by atoms with Gasteiger partial charge in [-0.15, -0.1) is 0 Å². The van der Waals surface area contributed by atoms with Crippen LogP contribution in [0.2, 0.25) is 10.0 Å². The van der Waals surface area contributed by atoms with Gasteiger partial charge in [-0.25, -0.2) is 4.39 Å². The zero-order chi connectivity index (χ0) is 12.4. The van der Waals surface area contributed by atoms with Crippen molar-refractivity contribution in [3.05, 3.63) is 69.5 Å². The first-order chi connectivity index (χ1) is 8.06. The summed E-state index contributed by atoms with van der Waals surface area (Å²) >= 11 is 15.4. The van der Waals surface area contributed by atoms with E-state index in [1.165, 1.54) is 12.1 Å². The lowest BCUT2D eigenvalue weighted by atomic mass is 10.1. The molecule has 17 heavy (non-hydrogen) atoms. The lowest BCUT2D eigenvalue weighted by Gasteiger charge is -2.11. The highest BCUT2D eigenvalue weighted by molar-refractivity contribution is 9.09. The summed E-state index contributed by atoms with van der Waals surface area (Å²) < 4.78 is 12.8. The molecular weight excluding hydrogens is 326 g/mol. The average Bonchev–Trinajstić information content (AvgIpc) is 2.28. The van der Waals surface area contributed by atoms with E-state index in [0.29, 0.717) is 10.0 Å². The van der Waals surface area contributed by atoms with Crippen LogP contribution >= 0.6 is 39.1 Å². The summed E-state index contributed by atoms with van der Waals surface area (Å²) in [5, 5.41) is 1.16. The van der Waals surface area contributed by atoms with Crippen LogP contribution in [0.1, 0.15) is 16.0 Å². The van der Waals surface area contributed by atoms with Gasteiger partial charge in [-0.05, 0) is 41.5 Å². The second-order valence-corrected chi connectivity index (χ2v) is 5.41. The topological polar surface area (TPSA) is 0 Å². The van der Waals surface area contributed by atoms with Crippen molar-refractivity contribution >= 4 is 39.1 Å². The van der Waals surface area contributed by atoms with Crippen molar-refractivity contribution in [3.63, 3.8) is 0 Å². The van der Waals surface area contributed by atoms with Crippen molar-refractivity contribution in [2.24, 2.45) is 0 Å². The number of alkyl halides is 1. The molecule has 0 aliphatic carbocycles. The molecule has 1 unspecified atom stereocenters. The fourth-order valence-electron chi connectivity index (χ4n) is 1.55. The summed E-state index contributed by atoms with van der Waals surface area (Å²) in [6.45, 7) is 0. The van der Waals surface area contributed by atoms with Crippen LogP contribution in [-0.2, 0) is 0 Å². The van der Waals surface area contributed by atoms with Gasteiger partial charge in [0.05, 0.1) is 4.83 Å². The summed E-state index contributed by atoms with van der Waals surface area (Å²) in [6, 6.07) is 11.6. The fraction of sp³-hybridized carbons (Fsp3) is 0.0769. The zero-order valence-corrected chi connectivity index (χ0v) is 11.7. The third-order valence-electron chi connectivity index (χ3n) is 2.34. The molecule has 0 fully saturated rings. The largest absolute Gasteiger partial charge is 0.207 e. The minimum Gasteiger partial charge on any atom is -0.207 e. The molecule has 0 heterocycles. The van der Waals surface area contributed by atoms with E-state index in [1.807, 2.05) is 12.1 Å². The maximum Gasteiger partial charge on any atom is 0.123 e. The SMILES string of the molecule is Fc1ccc(C(Br)c2cc(Cl)cc(Cl)c2)cc1. The van der Waals surface area contributed by atoms with E-state index in [2.05, 4.69) is 15.9 Å². The number of benzene rings is 2. The molecule has 1 atom stereocenters. The smallest absolute Gasteiger partial charge is 0.123 e. The molecule has 2 aromatic rings. The van der Waals surface area contributed by atoms with Gasteiger partial charge in [-0.3, -0.25) is 0 Å². The van der Waals surface area contributed by atoms with Gasteiger partial charge >= 0.3 is 0 Å². The first-order valence-corrected chi connectivity index (χ1v) is 6.59. The van der Waals surface area contributed by atoms with E-state index >= 15 is 0 Å². The molecule has 0 aliphatic heterocycles. The highest BCUT2D eigenvalue weighted by atomic mass is 79.9. The van der Waals surface area contributed by atoms with E-state index in [9.17, 15) is 4.39 Å². The van der Waals surface area contributed by atoms with Crippen molar-refractivity contribution in [1.82, 2.24) is 0 Å². The standard InChI is InChI=1S/C13H8BrCl2F/c14-13(8-1-3-12(17)4-2-8)9-5-10(15)7-11(16)6-9/h1-7,13H. The number of halogens is 4. The van der Waals surface area contributed by atoms with Crippen LogP contribution in [-0.4, -0.2) is 0 Å². The number of rotatable bonds is 2. The Bertz CT molecular complexity index is 505. The first-order valence-electron chi connectivity index (χ1n) is 4.92.